The molecule has 0 radical (unpaired) electrons. The fourth-order valence-corrected chi connectivity index (χ4v) is 11.7. The minimum absolute atomic E-state index is 0.474. The molecular weight excluding hydrogens is 785 g/mol. The smallest absolute Gasteiger partial charge is 0.0726 e. The minimum atomic E-state index is -0.474. The fraction of sp³-hybridized carbons (Fsp3) is 0.0159. The first-order valence-corrected chi connectivity index (χ1v) is 22.6. The molecule has 11 aromatic carbocycles. The van der Waals surface area contributed by atoms with Crippen LogP contribution in [0.4, 0.5) is 17.1 Å². The Balaban J connectivity index is 1.11. The molecule has 0 N–H and O–H groups in total. The van der Waals surface area contributed by atoms with E-state index in [-0.39, 0.29) is 0 Å². The van der Waals surface area contributed by atoms with Crippen LogP contribution in [0.15, 0.2) is 243 Å². The van der Waals surface area contributed by atoms with Crippen LogP contribution in [-0.2, 0) is 5.41 Å². The van der Waals surface area contributed by atoms with Gasteiger partial charge in [-0.15, -0.1) is 0 Å². The van der Waals surface area contributed by atoms with Crippen LogP contribution >= 0.6 is 0 Å². The van der Waals surface area contributed by atoms with Crippen LogP contribution in [0.5, 0.6) is 0 Å². The van der Waals surface area contributed by atoms with Gasteiger partial charge in [0.2, 0.25) is 0 Å². The molecule has 0 amide bonds. The third kappa shape index (κ3) is 5.05. The van der Waals surface area contributed by atoms with E-state index in [4.69, 9.17) is 0 Å². The van der Waals surface area contributed by atoms with Gasteiger partial charge >= 0.3 is 0 Å². The van der Waals surface area contributed by atoms with E-state index in [9.17, 15) is 0 Å². The zero-order valence-corrected chi connectivity index (χ0v) is 35.5. The molecule has 1 heterocycles. The van der Waals surface area contributed by atoms with E-state index in [0.717, 1.165) is 22.7 Å². The van der Waals surface area contributed by atoms with Crippen LogP contribution in [0, 0.1) is 0 Å². The average molecular weight is 825 g/mol. The number of para-hydroxylation sites is 2. The molecule has 0 aliphatic heterocycles. The maximum Gasteiger partial charge on any atom is 0.0726 e. The number of hydrogen-bond acceptors (Lipinski definition) is 1. The second-order valence-corrected chi connectivity index (χ2v) is 17.6. The summed E-state index contributed by atoms with van der Waals surface area (Å²) >= 11 is 0. The number of anilines is 3. The monoisotopic (exact) mass is 824 g/mol. The second-order valence-electron chi connectivity index (χ2n) is 17.6. The van der Waals surface area contributed by atoms with E-state index in [1.807, 2.05) is 0 Å². The summed E-state index contributed by atoms with van der Waals surface area (Å²) in [6, 6.07) is 90.4. The molecule has 302 valence electrons. The molecule has 0 atom stereocenters. The van der Waals surface area contributed by atoms with Crippen molar-refractivity contribution in [3.8, 4) is 39.1 Å². The topological polar surface area (TPSA) is 8.17 Å². The lowest BCUT2D eigenvalue weighted by Gasteiger charge is -2.33. The highest BCUT2D eigenvalue weighted by molar-refractivity contribution is 6.19. The summed E-state index contributed by atoms with van der Waals surface area (Å²) < 4.78 is 2.44. The average Bonchev–Trinajstić information content (AvgIpc) is 3.98. The molecule has 14 rings (SSSR count). The van der Waals surface area contributed by atoms with Crippen LogP contribution in [0.25, 0.3) is 82.4 Å². The Morgan fingerprint density at radius 2 is 0.862 bits per heavy atom. The molecule has 0 bridgehead atoms. The zero-order chi connectivity index (χ0) is 42.6. The SMILES string of the molecule is c1ccc(-n2c3ccccc3c3c(-c4ccc5ccccc5c4)c(N(c4ccc5c(c4)C4(c6ccccc6-c6ccccc64)c4ccccc4-5)c4ccc5ccccc5c4)ccc32)cc1. The van der Waals surface area contributed by atoms with Crippen LogP contribution in [0.2, 0.25) is 0 Å². The lowest BCUT2D eigenvalue weighted by Crippen LogP contribution is -2.26. The van der Waals surface area contributed by atoms with E-state index in [1.165, 1.54) is 99.0 Å². The summed E-state index contributed by atoms with van der Waals surface area (Å²) in [5, 5.41) is 7.31. The van der Waals surface area contributed by atoms with Gasteiger partial charge in [0.25, 0.3) is 0 Å². The Morgan fingerprint density at radius 3 is 1.55 bits per heavy atom. The normalized spacial score (nSPS) is 13.0. The molecule has 1 spiro atoms. The van der Waals surface area contributed by atoms with Gasteiger partial charge in [-0.25, -0.2) is 0 Å². The molecule has 2 heteroatoms. The van der Waals surface area contributed by atoms with Crippen molar-refractivity contribution in [1.29, 1.82) is 0 Å². The molecule has 12 aromatic rings. The lowest BCUT2D eigenvalue weighted by molar-refractivity contribution is 0.793. The van der Waals surface area contributed by atoms with Crippen molar-refractivity contribution in [3.05, 3.63) is 265 Å². The number of rotatable bonds is 5. The maximum atomic E-state index is 2.54. The first kappa shape index (κ1) is 36.1. The summed E-state index contributed by atoms with van der Waals surface area (Å²) in [5.41, 5.74) is 19.3. The van der Waals surface area contributed by atoms with Crippen LogP contribution in [0.1, 0.15) is 22.3 Å². The van der Waals surface area contributed by atoms with E-state index < -0.39 is 5.41 Å². The van der Waals surface area contributed by atoms with Gasteiger partial charge in [-0.05, 0) is 132 Å². The highest BCUT2D eigenvalue weighted by atomic mass is 15.1. The molecule has 1 aromatic heterocycles. The number of fused-ring (bicyclic) bond motifs is 15. The van der Waals surface area contributed by atoms with Gasteiger partial charge in [-0.2, -0.15) is 0 Å². The predicted octanol–water partition coefficient (Wildman–Crippen LogP) is 16.6. The van der Waals surface area contributed by atoms with Gasteiger partial charge in [-0.1, -0.05) is 182 Å². The summed E-state index contributed by atoms with van der Waals surface area (Å²) in [5.74, 6) is 0. The number of benzene rings is 11. The third-order valence-electron chi connectivity index (χ3n) is 14.3. The van der Waals surface area contributed by atoms with Gasteiger partial charge in [-0.3, -0.25) is 0 Å². The highest BCUT2D eigenvalue weighted by Crippen LogP contribution is 2.63. The van der Waals surface area contributed by atoms with Crippen molar-refractivity contribution in [1.82, 2.24) is 4.57 Å². The van der Waals surface area contributed by atoms with Crippen molar-refractivity contribution < 1.29 is 0 Å². The van der Waals surface area contributed by atoms with Gasteiger partial charge in [0.05, 0.1) is 22.1 Å². The van der Waals surface area contributed by atoms with Crippen LogP contribution < -0.4 is 4.90 Å². The maximum absolute atomic E-state index is 2.54. The number of hydrogen-bond donors (Lipinski definition) is 0. The molecule has 2 aliphatic carbocycles. The molecule has 0 fully saturated rings. The Labute approximate surface area is 377 Å². The van der Waals surface area contributed by atoms with Gasteiger partial charge in [0.15, 0.2) is 0 Å². The van der Waals surface area contributed by atoms with E-state index in [2.05, 4.69) is 252 Å². The van der Waals surface area contributed by atoms with Crippen molar-refractivity contribution in [2.24, 2.45) is 0 Å². The Kier molecular flexibility index (Phi) is 7.64. The Bertz CT molecular complexity index is 3850. The summed E-state index contributed by atoms with van der Waals surface area (Å²) in [4.78, 5) is 2.54. The number of aromatic nitrogens is 1. The van der Waals surface area contributed by atoms with Gasteiger partial charge < -0.3 is 9.47 Å². The van der Waals surface area contributed by atoms with Crippen molar-refractivity contribution >= 4 is 60.4 Å². The Morgan fingerprint density at radius 1 is 0.338 bits per heavy atom. The molecule has 65 heavy (non-hydrogen) atoms. The largest absolute Gasteiger partial charge is 0.310 e. The quantitative estimate of drug-likeness (QED) is 0.168. The summed E-state index contributed by atoms with van der Waals surface area (Å²) in [6.45, 7) is 0. The van der Waals surface area contributed by atoms with Crippen molar-refractivity contribution in [2.45, 2.75) is 5.41 Å². The molecular formula is C63H40N2. The highest BCUT2D eigenvalue weighted by Gasteiger charge is 2.51. The summed E-state index contributed by atoms with van der Waals surface area (Å²) in [6.07, 6.45) is 0. The second kappa shape index (κ2) is 13.8. The number of nitrogens with zero attached hydrogens (tertiary/aromatic N) is 2. The van der Waals surface area contributed by atoms with E-state index >= 15 is 0 Å². The minimum Gasteiger partial charge on any atom is -0.310 e. The van der Waals surface area contributed by atoms with Crippen LogP contribution in [-0.4, -0.2) is 4.57 Å². The molecule has 0 saturated carbocycles. The molecule has 0 unspecified atom stereocenters. The third-order valence-corrected chi connectivity index (χ3v) is 14.3. The predicted molar refractivity (Wildman–Crippen MR) is 272 cm³/mol. The zero-order valence-electron chi connectivity index (χ0n) is 35.5. The first-order valence-electron chi connectivity index (χ1n) is 22.6. The van der Waals surface area contributed by atoms with E-state index in [0.29, 0.717) is 0 Å². The fourth-order valence-electron chi connectivity index (χ4n) is 11.7. The molecule has 0 saturated heterocycles. The summed E-state index contributed by atoms with van der Waals surface area (Å²) in [7, 11) is 0. The van der Waals surface area contributed by atoms with Gasteiger partial charge in [0.1, 0.15) is 0 Å². The first-order chi connectivity index (χ1) is 32.3. The van der Waals surface area contributed by atoms with Crippen LogP contribution in [0.3, 0.4) is 0 Å². The van der Waals surface area contributed by atoms with Gasteiger partial charge in [0, 0.05) is 33.4 Å². The standard InChI is InChI=1S/C63H40N2/c1-2-20-46(21-3-1)65-58-29-15-11-25-53(58)62-60(65)37-36-59(61(62)45-31-30-41-16-4-6-18-43(41)38-45)64(47-33-32-42-17-5-7-19-44(42)39-47)48-34-35-52-51-24-10-14-28-56(51)63(57(52)40-48)54-26-12-8-22-49(54)50-23-9-13-27-55(50)63/h1-40H. The Hall–Kier alpha value is -8.46. The molecule has 2 aliphatic rings. The van der Waals surface area contributed by atoms with Crippen molar-refractivity contribution in [3.63, 3.8) is 0 Å². The van der Waals surface area contributed by atoms with E-state index in [1.54, 1.807) is 0 Å². The van der Waals surface area contributed by atoms with Crippen molar-refractivity contribution in [2.75, 3.05) is 4.90 Å². The molecule has 2 nitrogen and oxygen atoms in total. The lowest BCUT2D eigenvalue weighted by atomic mass is 9.70.